The molecule has 1 aliphatic rings. The SMILES string of the molecule is CO[C@H]1O[C@H](COC(=O)CCC(C)=O)[C@@H](OCc2ccccc2)[C@H](O)[C@H]1NC(=O)OCc1ccccc1. The molecule has 10 heteroatoms. The lowest BCUT2D eigenvalue weighted by Crippen LogP contribution is -2.65. The summed E-state index contributed by atoms with van der Waals surface area (Å²) in [4.78, 5) is 35.7. The van der Waals surface area contributed by atoms with Crippen LogP contribution in [0.3, 0.4) is 0 Å². The number of ether oxygens (including phenoxy) is 5. The number of alkyl carbamates (subject to hydrolysis) is 1. The van der Waals surface area contributed by atoms with Gasteiger partial charge in [-0.1, -0.05) is 60.7 Å². The molecular formula is C27H33NO9. The Labute approximate surface area is 215 Å². The molecule has 2 aromatic rings. The summed E-state index contributed by atoms with van der Waals surface area (Å²) in [6.07, 6.45) is -5.00. The number of carbonyl (C=O) groups is 3. The van der Waals surface area contributed by atoms with Crippen molar-refractivity contribution in [3.63, 3.8) is 0 Å². The predicted octanol–water partition coefficient (Wildman–Crippen LogP) is 2.51. The molecule has 1 aliphatic heterocycles. The number of aliphatic hydroxyl groups excluding tert-OH is 1. The molecule has 5 atom stereocenters. The fourth-order valence-electron chi connectivity index (χ4n) is 3.81. The van der Waals surface area contributed by atoms with Gasteiger partial charge in [0.2, 0.25) is 0 Å². The summed E-state index contributed by atoms with van der Waals surface area (Å²) in [5.74, 6) is -0.702. The fraction of sp³-hybridized carbons (Fsp3) is 0.444. The van der Waals surface area contributed by atoms with E-state index in [1.807, 2.05) is 60.7 Å². The van der Waals surface area contributed by atoms with E-state index in [1.165, 1.54) is 14.0 Å². The van der Waals surface area contributed by atoms with E-state index in [1.54, 1.807) is 0 Å². The lowest BCUT2D eigenvalue weighted by molar-refractivity contribution is -0.273. The van der Waals surface area contributed by atoms with Gasteiger partial charge in [-0.2, -0.15) is 0 Å². The first-order chi connectivity index (χ1) is 17.9. The third-order valence-corrected chi connectivity index (χ3v) is 5.78. The fourth-order valence-corrected chi connectivity index (χ4v) is 3.81. The normalized spacial score (nSPS) is 23.2. The summed E-state index contributed by atoms with van der Waals surface area (Å²) < 4.78 is 27.9. The summed E-state index contributed by atoms with van der Waals surface area (Å²) in [7, 11) is 1.36. The maximum atomic E-state index is 12.5. The maximum absolute atomic E-state index is 12.5. The van der Waals surface area contributed by atoms with Crippen LogP contribution in [0.5, 0.6) is 0 Å². The van der Waals surface area contributed by atoms with Gasteiger partial charge in [0.05, 0.1) is 13.0 Å². The average molecular weight is 516 g/mol. The van der Waals surface area contributed by atoms with E-state index in [-0.39, 0.29) is 38.4 Å². The molecule has 1 fully saturated rings. The molecular weight excluding hydrogens is 482 g/mol. The number of nitrogens with one attached hydrogen (secondary N) is 1. The number of esters is 1. The summed E-state index contributed by atoms with van der Waals surface area (Å²) in [6, 6.07) is 17.4. The molecule has 0 aliphatic carbocycles. The first-order valence-electron chi connectivity index (χ1n) is 12.0. The molecule has 10 nitrogen and oxygen atoms in total. The molecule has 2 N–H and O–H groups in total. The smallest absolute Gasteiger partial charge is 0.407 e. The highest BCUT2D eigenvalue weighted by atomic mass is 16.7. The van der Waals surface area contributed by atoms with Gasteiger partial charge in [-0.15, -0.1) is 0 Å². The number of benzene rings is 2. The lowest BCUT2D eigenvalue weighted by atomic mass is 9.96. The van der Waals surface area contributed by atoms with Crippen LogP contribution in [0.2, 0.25) is 0 Å². The molecule has 0 aromatic heterocycles. The van der Waals surface area contributed by atoms with Crippen LogP contribution >= 0.6 is 0 Å². The minimum atomic E-state index is -1.28. The van der Waals surface area contributed by atoms with E-state index in [9.17, 15) is 19.5 Å². The largest absolute Gasteiger partial charge is 0.463 e. The minimum Gasteiger partial charge on any atom is -0.463 e. The molecule has 37 heavy (non-hydrogen) atoms. The third kappa shape index (κ3) is 8.94. The van der Waals surface area contributed by atoms with E-state index in [4.69, 9.17) is 23.7 Å². The highest BCUT2D eigenvalue weighted by Gasteiger charge is 2.47. The Bertz CT molecular complexity index is 1000. The molecule has 1 saturated heterocycles. The number of methoxy groups -OCH3 is 1. The van der Waals surface area contributed by atoms with Gasteiger partial charge < -0.3 is 38.9 Å². The second kappa shape index (κ2) is 14.4. The zero-order valence-electron chi connectivity index (χ0n) is 20.9. The Balaban J connectivity index is 1.67. The highest BCUT2D eigenvalue weighted by molar-refractivity contribution is 5.80. The zero-order valence-corrected chi connectivity index (χ0v) is 20.9. The summed E-state index contributed by atoms with van der Waals surface area (Å²) >= 11 is 0. The molecule has 200 valence electrons. The van der Waals surface area contributed by atoms with Crippen molar-refractivity contribution < 1.29 is 43.2 Å². The molecule has 0 bridgehead atoms. The van der Waals surface area contributed by atoms with Crippen molar-refractivity contribution >= 4 is 17.8 Å². The maximum Gasteiger partial charge on any atom is 0.407 e. The Morgan fingerprint density at radius 3 is 2.14 bits per heavy atom. The monoisotopic (exact) mass is 515 g/mol. The molecule has 0 radical (unpaired) electrons. The molecule has 0 unspecified atom stereocenters. The van der Waals surface area contributed by atoms with E-state index < -0.39 is 42.7 Å². The highest BCUT2D eigenvalue weighted by Crippen LogP contribution is 2.26. The first-order valence-corrected chi connectivity index (χ1v) is 12.0. The Morgan fingerprint density at radius 1 is 0.919 bits per heavy atom. The summed E-state index contributed by atoms with van der Waals surface area (Å²) in [5.41, 5.74) is 1.66. The van der Waals surface area contributed by atoms with Gasteiger partial charge >= 0.3 is 12.1 Å². The van der Waals surface area contributed by atoms with Crippen LogP contribution in [0.1, 0.15) is 30.9 Å². The quantitative estimate of drug-likeness (QED) is 0.410. The molecule has 3 rings (SSSR count). The number of carbonyl (C=O) groups excluding carboxylic acids is 3. The van der Waals surface area contributed by atoms with Gasteiger partial charge in [0, 0.05) is 13.5 Å². The number of Topliss-reactive ketones (excluding diaryl/α,β-unsaturated/α-hetero) is 1. The van der Waals surface area contributed by atoms with Gasteiger partial charge in [-0.3, -0.25) is 4.79 Å². The molecule has 2 aromatic carbocycles. The van der Waals surface area contributed by atoms with Crippen molar-refractivity contribution in [2.24, 2.45) is 0 Å². The average Bonchev–Trinajstić information content (AvgIpc) is 2.91. The van der Waals surface area contributed by atoms with E-state index >= 15 is 0 Å². The molecule has 1 amide bonds. The number of aliphatic hydroxyl groups is 1. The molecule has 0 spiro atoms. The van der Waals surface area contributed by atoms with Crippen LogP contribution in [0, 0.1) is 0 Å². The number of amides is 1. The lowest BCUT2D eigenvalue weighted by Gasteiger charge is -2.43. The van der Waals surface area contributed by atoms with Crippen LogP contribution in [-0.2, 0) is 46.5 Å². The second-order valence-corrected chi connectivity index (χ2v) is 8.65. The van der Waals surface area contributed by atoms with Crippen molar-refractivity contribution in [2.45, 2.75) is 63.6 Å². The van der Waals surface area contributed by atoms with Gasteiger partial charge in [-0.05, 0) is 18.1 Å². The van der Waals surface area contributed by atoms with Gasteiger partial charge in [0.15, 0.2) is 6.29 Å². The Morgan fingerprint density at radius 2 is 1.54 bits per heavy atom. The number of ketones is 1. The number of rotatable bonds is 12. The van der Waals surface area contributed by atoms with Gasteiger partial charge in [0.1, 0.15) is 43.4 Å². The van der Waals surface area contributed by atoms with Crippen LogP contribution in [-0.4, -0.2) is 67.3 Å². The van der Waals surface area contributed by atoms with E-state index in [0.29, 0.717) is 0 Å². The topological polar surface area (TPSA) is 130 Å². The molecule has 1 heterocycles. The second-order valence-electron chi connectivity index (χ2n) is 8.65. The van der Waals surface area contributed by atoms with Gasteiger partial charge in [-0.25, -0.2) is 4.79 Å². The summed E-state index contributed by atoms with van der Waals surface area (Å²) in [5, 5.41) is 13.8. The van der Waals surface area contributed by atoms with E-state index in [2.05, 4.69) is 5.32 Å². The summed E-state index contributed by atoms with van der Waals surface area (Å²) in [6.45, 7) is 1.34. The predicted molar refractivity (Wildman–Crippen MR) is 131 cm³/mol. The van der Waals surface area contributed by atoms with Crippen molar-refractivity contribution in [2.75, 3.05) is 13.7 Å². The van der Waals surface area contributed by atoms with Crippen molar-refractivity contribution in [3.05, 3.63) is 71.8 Å². The van der Waals surface area contributed by atoms with Crippen LogP contribution in [0.25, 0.3) is 0 Å². The minimum absolute atomic E-state index is 0.0424. The Kier molecular flexibility index (Phi) is 11.0. The number of hydrogen-bond acceptors (Lipinski definition) is 9. The van der Waals surface area contributed by atoms with Gasteiger partial charge in [0.25, 0.3) is 0 Å². The first kappa shape index (κ1) is 28.3. The standard InChI is InChI=1S/C27H33NO9/c1-18(29)13-14-22(30)34-17-21-25(35-15-19-9-5-3-6-10-19)24(31)23(26(33-2)37-21)28-27(32)36-16-20-11-7-4-8-12-20/h3-12,21,23-26,31H,13-17H2,1-2H3,(H,28,32)/t21-,23-,24-,25-,26+/m1/s1. The molecule has 0 saturated carbocycles. The van der Waals surface area contributed by atoms with Crippen molar-refractivity contribution in [3.8, 4) is 0 Å². The third-order valence-electron chi connectivity index (χ3n) is 5.78. The number of hydrogen-bond donors (Lipinski definition) is 2. The van der Waals surface area contributed by atoms with Crippen molar-refractivity contribution in [1.82, 2.24) is 5.32 Å². The zero-order chi connectivity index (χ0) is 26.6. The Hall–Kier alpha value is -3.31. The van der Waals surface area contributed by atoms with Crippen LogP contribution in [0.15, 0.2) is 60.7 Å². The van der Waals surface area contributed by atoms with Crippen LogP contribution in [0.4, 0.5) is 4.79 Å². The van der Waals surface area contributed by atoms with E-state index in [0.717, 1.165) is 11.1 Å². The van der Waals surface area contributed by atoms with Crippen molar-refractivity contribution in [1.29, 1.82) is 0 Å². The van der Waals surface area contributed by atoms with Crippen LogP contribution < -0.4 is 5.32 Å².